The fraction of sp³-hybridized carbons (Fsp3) is 0.194. The van der Waals surface area contributed by atoms with Crippen LogP contribution in [0.4, 0.5) is 52.4 Å². The predicted molar refractivity (Wildman–Crippen MR) is 365 cm³/mol. The number of nitrogens with one attached hydrogen (secondary N) is 8. The van der Waals surface area contributed by atoms with Crippen molar-refractivity contribution in [2.24, 2.45) is 0 Å². The van der Waals surface area contributed by atoms with Crippen LogP contribution in [0.15, 0.2) is 200 Å². The molecule has 0 saturated carbocycles. The van der Waals surface area contributed by atoms with Crippen LogP contribution in [0.1, 0.15) is 40.3 Å². The van der Waals surface area contributed by atoms with Gasteiger partial charge >= 0.3 is 30.1 Å². The largest absolute Gasteiger partial charge is 0.467 e. The summed E-state index contributed by atoms with van der Waals surface area (Å²) in [5.41, 5.74) is 31.2. The summed E-state index contributed by atoms with van der Waals surface area (Å²) in [5, 5.41) is 19.9. The number of rotatable bonds is 22. The van der Waals surface area contributed by atoms with Crippen molar-refractivity contribution in [1.29, 1.82) is 0 Å². The molecule has 0 aliphatic heterocycles. The van der Waals surface area contributed by atoms with Crippen molar-refractivity contribution >= 4 is 81.6 Å². The Labute approximate surface area is 557 Å². The number of likely N-dealkylation sites (N-methyl/N-ethyl adjacent to an activating group) is 2. The summed E-state index contributed by atoms with van der Waals surface area (Å²) < 4.78 is 18.7. The normalized spacial score (nSPS) is 10.5. The van der Waals surface area contributed by atoms with Crippen molar-refractivity contribution in [2.75, 3.05) is 67.1 Å². The first-order valence-corrected chi connectivity index (χ1v) is 29.9. The van der Waals surface area contributed by atoms with Gasteiger partial charge in [0, 0.05) is 76.2 Å². The zero-order chi connectivity index (χ0) is 69.9. The lowest BCUT2D eigenvalue weighted by Crippen LogP contribution is -2.47. The number of hydroxylamine groups is 2. The minimum absolute atomic E-state index is 0.158. The molecule has 4 heterocycles. The minimum atomic E-state index is -0.762. The molecule has 0 aliphatic carbocycles. The van der Waals surface area contributed by atoms with Crippen LogP contribution in [-0.2, 0) is 63.2 Å². The number of urea groups is 4. The molecule has 0 unspecified atom stereocenters. The van der Waals surface area contributed by atoms with Gasteiger partial charge in [-0.05, 0) is 107 Å². The molecule has 9 rings (SSSR count). The third-order valence-corrected chi connectivity index (χ3v) is 13.5. The minimum Gasteiger partial charge on any atom is -0.467 e. The van der Waals surface area contributed by atoms with Gasteiger partial charge in [-0.3, -0.25) is 19.2 Å². The van der Waals surface area contributed by atoms with Gasteiger partial charge in [0.15, 0.2) is 0 Å². The van der Waals surface area contributed by atoms with Gasteiger partial charge < -0.3 is 69.8 Å². The molecular formula is C67H76FN19O10. The number of aromatic nitrogens is 5. The maximum atomic E-state index is 12.9. The number of benzene rings is 5. The smallest absolute Gasteiger partial charge is 0.334 e. The van der Waals surface area contributed by atoms with E-state index in [4.69, 9.17) is 32.5 Å². The third-order valence-electron chi connectivity index (χ3n) is 13.5. The Hall–Kier alpha value is -12.7. The second-order valence-electron chi connectivity index (χ2n) is 20.7. The number of para-hydroxylation sites is 1. The van der Waals surface area contributed by atoms with Crippen molar-refractivity contribution in [3.8, 4) is 0 Å². The van der Waals surface area contributed by atoms with Crippen LogP contribution >= 0.6 is 0 Å². The van der Waals surface area contributed by atoms with Crippen molar-refractivity contribution in [3.63, 3.8) is 0 Å². The number of carbonyl (C=O) groups is 7. The van der Waals surface area contributed by atoms with Crippen LogP contribution in [-0.4, -0.2) is 111 Å². The first-order valence-electron chi connectivity index (χ1n) is 29.9. The highest BCUT2D eigenvalue weighted by Crippen LogP contribution is 2.14. The van der Waals surface area contributed by atoms with Crippen molar-refractivity contribution < 1.29 is 47.5 Å². The van der Waals surface area contributed by atoms with Gasteiger partial charge in [0.05, 0.1) is 24.6 Å². The topological polar surface area (TPSA) is 418 Å². The maximum absolute atomic E-state index is 12.9. The van der Waals surface area contributed by atoms with Gasteiger partial charge in [-0.1, -0.05) is 103 Å². The highest BCUT2D eigenvalue weighted by atomic mass is 19.1. The fourth-order valence-corrected chi connectivity index (χ4v) is 8.20. The zero-order valence-corrected chi connectivity index (χ0v) is 53.3. The van der Waals surface area contributed by atoms with Gasteiger partial charge in [-0.15, -0.1) is 0 Å². The first kappa shape index (κ1) is 73.3. The van der Waals surface area contributed by atoms with E-state index in [1.54, 1.807) is 105 Å². The number of pyridine rings is 3. The Morgan fingerprint density at radius 3 is 1.52 bits per heavy atom. The molecular weight excluding hydrogens is 1250 g/mol. The van der Waals surface area contributed by atoms with E-state index in [0.717, 1.165) is 38.1 Å². The zero-order valence-electron chi connectivity index (χ0n) is 53.3. The summed E-state index contributed by atoms with van der Waals surface area (Å²) in [6, 6.07) is 46.1. The molecule has 5 aromatic carbocycles. The average molecular weight is 1330 g/mol. The van der Waals surface area contributed by atoms with Gasteiger partial charge in [-0.2, -0.15) is 0 Å². The number of ether oxygens (including phenoxy) is 1. The maximum Gasteiger partial charge on any atom is 0.334 e. The highest BCUT2D eigenvalue weighted by molar-refractivity contribution is 5.96. The Bertz CT molecular complexity index is 4030. The highest BCUT2D eigenvalue weighted by Gasteiger charge is 2.22. The van der Waals surface area contributed by atoms with Gasteiger partial charge in [0.25, 0.3) is 11.5 Å². The molecule has 10 amide bonds. The van der Waals surface area contributed by atoms with Crippen molar-refractivity contribution in [1.82, 2.24) is 66.9 Å². The molecule has 0 bridgehead atoms. The third kappa shape index (κ3) is 26.4. The fourth-order valence-electron chi connectivity index (χ4n) is 8.20. The molecule has 0 aliphatic rings. The number of methoxy groups -OCH3 is 1. The molecule has 0 fully saturated rings. The van der Waals surface area contributed by atoms with Crippen LogP contribution in [0.3, 0.4) is 0 Å². The quantitative estimate of drug-likeness (QED) is 0.0230. The van der Waals surface area contributed by atoms with Crippen LogP contribution < -0.4 is 76.0 Å². The number of anilines is 5. The molecule has 0 saturated heterocycles. The van der Waals surface area contributed by atoms with Gasteiger partial charge in [0.1, 0.15) is 48.8 Å². The van der Waals surface area contributed by atoms with E-state index in [1.807, 2.05) is 72.8 Å². The summed E-state index contributed by atoms with van der Waals surface area (Å²) >= 11 is 0. The molecule has 4 aromatic heterocycles. The van der Waals surface area contributed by atoms with Crippen LogP contribution in [0.5, 0.6) is 0 Å². The molecule has 29 nitrogen and oxygen atoms in total. The number of hydrogen-bond donors (Lipinski definition) is 12. The Morgan fingerprint density at radius 1 is 0.526 bits per heavy atom. The second kappa shape index (κ2) is 39.0. The summed E-state index contributed by atoms with van der Waals surface area (Å²) in [5.74, 6) is -0.301. The van der Waals surface area contributed by atoms with E-state index in [1.165, 1.54) is 47.7 Å². The van der Waals surface area contributed by atoms with Crippen LogP contribution in [0.2, 0.25) is 0 Å². The molecule has 0 spiro atoms. The number of esters is 1. The lowest BCUT2D eigenvalue weighted by atomic mass is 10.1. The van der Waals surface area contributed by atoms with E-state index in [2.05, 4.69) is 62.6 Å². The number of nitrogen functional groups attached to an aromatic ring is 4. The van der Waals surface area contributed by atoms with E-state index in [9.17, 15) is 42.7 Å². The lowest BCUT2D eigenvalue weighted by molar-refractivity contribution is -0.189. The standard InChI is InChI=1S/C18H23N5O3.C17H20N4O3.C16H18FN5O2.C16H15N5O2/c1-2-23(26-13-14-6-4-3-5-7-14)17(24)12-22-18(25)21-11-15-8-9-16(19)20-10-15;1-24-16(22)14(9-12-5-3-2-4-6-12)21-17(23)20-11-13-7-8-15(18)19-10-13;1-22(13-5-3-12(17)4-6-13)15(23)10-21-16(24)20-9-11-2-7-14(18)19-8-11;17-12-7-5-11(6-8-12)9-18-16(23)20-21-10-19-14-4-2-1-3-13(14)15(21)22/h3-10H,2,11-13H2,1H3,(H2,19,20)(H2,21,22,25);2-8,10,14H,9,11H2,1H3,(H2,18,19)(H2,20,21,23);2-8H,9-10H2,1H3,(H2,18,19)(H2,20,21,24);1-8,10H,9,17H2,(H2,18,20,23)/t;14-;;/m.0../s1. The second-order valence-corrected chi connectivity index (χ2v) is 20.7. The predicted octanol–water partition coefficient (Wildman–Crippen LogP) is 5.39. The van der Waals surface area contributed by atoms with Crippen molar-refractivity contribution in [3.05, 3.63) is 244 Å². The number of carbonyl (C=O) groups excluding carboxylic acids is 7. The number of nitrogens with zero attached hydrogens (tertiary/aromatic N) is 7. The number of halogens is 1. The summed E-state index contributed by atoms with van der Waals surface area (Å²) in [4.78, 5) is 118. The van der Waals surface area contributed by atoms with Crippen LogP contribution in [0, 0.1) is 5.82 Å². The van der Waals surface area contributed by atoms with E-state index in [0.29, 0.717) is 59.2 Å². The molecule has 30 heteroatoms. The first-order chi connectivity index (χ1) is 46.7. The SMILES string of the molecule is CCN(OCc1ccccc1)C(=O)CNC(=O)NCc1ccc(N)nc1.CN(C(=O)CNC(=O)NCc1ccc(N)nc1)c1ccc(F)cc1.COC(=O)[C@H](Cc1ccccc1)NC(=O)NCc1ccc(N)nc1.Nc1ccc(CNC(=O)Nn2cnc3ccccc3c2=O)cc1. The number of fused-ring (bicyclic) bond motifs is 1. The average Bonchev–Trinajstić information content (AvgIpc) is 0.941. The summed E-state index contributed by atoms with van der Waals surface area (Å²) in [6.07, 6.45) is 6.36. The van der Waals surface area contributed by atoms with Gasteiger partial charge in [0.2, 0.25) is 5.91 Å². The van der Waals surface area contributed by atoms with E-state index < -0.39 is 36.1 Å². The van der Waals surface area contributed by atoms with Crippen LogP contribution in [0.25, 0.3) is 10.9 Å². The Morgan fingerprint density at radius 2 is 1.00 bits per heavy atom. The molecule has 1 atom stereocenters. The number of hydrogen-bond acceptors (Lipinski definition) is 18. The van der Waals surface area contributed by atoms with Crippen molar-refractivity contribution in [2.45, 2.75) is 52.2 Å². The summed E-state index contributed by atoms with van der Waals surface area (Å²) in [7, 11) is 2.84. The Kier molecular flexibility index (Phi) is 29.5. The molecule has 0 radical (unpaired) electrons. The van der Waals surface area contributed by atoms with E-state index >= 15 is 0 Å². The van der Waals surface area contributed by atoms with Gasteiger partial charge in [-0.25, -0.2) is 63.5 Å². The monoisotopic (exact) mass is 1330 g/mol. The lowest BCUT2D eigenvalue weighted by Gasteiger charge is -2.20. The Balaban J connectivity index is 0.000000204. The molecule has 97 heavy (non-hydrogen) atoms. The molecule has 9 aromatic rings. The number of nitrogens with two attached hydrogens (primary N) is 4. The molecule has 16 N–H and O–H groups in total. The molecule has 506 valence electrons. The van der Waals surface area contributed by atoms with E-state index in [-0.39, 0.29) is 62.5 Å². The number of amides is 10. The summed E-state index contributed by atoms with van der Waals surface area (Å²) in [6.45, 7) is 3.28.